The number of aryl methyl sites for hydroxylation is 1. The summed E-state index contributed by atoms with van der Waals surface area (Å²) in [5.74, 6) is -0.166. The van der Waals surface area contributed by atoms with E-state index in [9.17, 15) is 9.59 Å². The van der Waals surface area contributed by atoms with Gasteiger partial charge in [0, 0.05) is 5.82 Å². The fraction of sp³-hybridized carbons (Fsp3) is 0.550. The number of hydrogen-bond acceptors (Lipinski definition) is 4. The Morgan fingerprint density at radius 3 is 1.84 bits per heavy atom. The number of fused-ring (bicyclic) bond motifs is 1. The quantitative estimate of drug-likeness (QED) is 0.562. The molecule has 0 N–H and O–H groups in total. The molecule has 3 rings (SSSR count). The largest absolute Gasteiger partial charge is 0.609 e. The molecule has 0 saturated carbocycles. The van der Waals surface area contributed by atoms with Crippen molar-refractivity contribution in [2.24, 2.45) is 11.8 Å². The smallest absolute Gasteiger partial charge is 0.589 e. The molecular formula is C20H27BO4. The molecule has 2 saturated heterocycles. The minimum absolute atomic E-state index is 0.224. The Bertz CT molecular complexity index is 610. The summed E-state index contributed by atoms with van der Waals surface area (Å²) in [6.45, 7) is 4.09. The van der Waals surface area contributed by atoms with Crippen LogP contribution in [0.5, 0.6) is 0 Å². The maximum Gasteiger partial charge on any atom is 0.589 e. The van der Waals surface area contributed by atoms with E-state index in [4.69, 9.17) is 9.31 Å². The Morgan fingerprint density at radius 1 is 0.920 bits per heavy atom. The van der Waals surface area contributed by atoms with E-state index in [1.807, 2.05) is 31.2 Å². The molecule has 134 valence electrons. The van der Waals surface area contributed by atoms with Crippen LogP contribution >= 0.6 is 0 Å². The van der Waals surface area contributed by atoms with E-state index >= 15 is 0 Å². The van der Waals surface area contributed by atoms with Gasteiger partial charge in [-0.3, -0.25) is 9.59 Å². The Labute approximate surface area is 150 Å². The first-order chi connectivity index (χ1) is 12.0. The van der Waals surface area contributed by atoms with Crippen molar-refractivity contribution < 1.29 is 18.9 Å². The first-order valence-corrected chi connectivity index (χ1v) is 9.57. The van der Waals surface area contributed by atoms with E-state index < -0.39 is 6.55 Å². The molecule has 1 aromatic carbocycles. The predicted octanol–water partition coefficient (Wildman–Crippen LogP) is 3.48. The van der Waals surface area contributed by atoms with E-state index in [0.717, 1.165) is 55.4 Å². The van der Waals surface area contributed by atoms with Gasteiger partial charge in [0.15, 0.2) is 11.8 Å². The molecule has 0 bridgehead atoms. The Balaban J connectivity index is 2.00. The van der Waals surface area contributed by atoms with Crippen molar-refractivity contribution in [1.82, 2.24) is 0 Å². The van der Waals surface area contributed by atoms with E-state index in [1.165, 1.54) is 0 Å². The second-order valence-corrected chi connectivity index (χ2v) is 7.39. The molecule has 1 aromatic rings. The van der Waals surface area contributed by atoms with Gasteiger partial charge in [-0.1, -0.05) is 62.0 Å². The van der Waals surface area contributed by atoms with Crippen LogP contribution in [-0.4, -0.2) is 18.5 Å². The zero-order valence-corrected chi connectivity index (χ0v) is 15.4. The molecule has 2 aliphatic heterocycles. The lowest BCUT2D eigenvalue weighted by Gasteiger charge is -2.25. The Morgan fingerprint density at radius 2 is 1.40 bits per heavy atom. The van der Waals surface area contributed by atoms with Gasteiger partial charge in [0.05, 0.1) is 0 Å². The summed E-state index contributed by atoms with van der Waals surface area (Å²) >= 11 is 0. The van der Waals surface area contributed by atoms with Crippen LogP contribution < -0.4 is 5.46 Å². The first-order valence-electron chi connectivity index (χ1n) is 9.57. The number of carbonyl (C=O) groups is 2. The molecule has 0 aromatic heterocycles. The van der Waals surface area contributed by atoms with Crippen molar-refractivity contribution in [2.45, 2.75) is 59.3 Å². The zero-order valence-electron chi connectivity index (χ0n) is 15.4. The van der Waals surface area contributed by atoms with Crippen LogP contribution in [-0.2, 0) is 18.9 Å². The molecule has 0 spiro atoms. The molecule has 0 amide bonds. The Kier molecular flexibility index (Phi) is 5.12. The van der Waals surface area contributed by atoms with Crippen LogP contribution in [0.4, 0.5) is 0 Å². The second-order valence-electron chi connectivity index (χ2n) is 7.39. The third kappa shape index (κ3) is 3.05. The van der Waals surface area contributed by atoms with Crippen LogP contribution in [0.25, 0.3) is 0 Å². The van der Waals surface area contributed by atoms with Gasteiger partial charge in [-0.15, -0.1) is 0 Å². The van der Waals surface area contributed by atoms with Crippen molar-refractivity contribution in [3.05, 3.63) is 35.6 Å². The van der Waals surface area contributed by atoms with Gasteiger partial charge in [0.2, 0.25) is 0 Å². The van der Waals surface area contributed by atoms with Gasteiger partial charge in [-0.05, 0) is 32.6 Å². The number of rotatable bonds is 7. The summed E-state index contributed by atoms with van der Waals surface area (Å²) in [6.07, 6.45) is 5.38. The van der Waals surface area contributed by atoms with Crippen molar-refractivity contribution in [3.63, 3.8) is 0 Å². The lowest BCUT2D eigenvalue weighted by molar-refractivity contribution is -0.143. The van der Waals surface area contributed by atoms with E-state index in [1.54, 1.807) is 0 Å². The van der Waals surface area contributed by atoms with Crippen molar-refractivity contribution >= 4 is 24.0 Å². The fourth-order valence-electron chi connectivity index (χ4n) is 4.23. The van der Waals surface area contributed by atoms with Crippen LogP contribution in [0.2, 0.25) is 0 Å². The summed E-state index contributed by atoms with van der Waals surface area (Å²) in [6, 6.07) is 7.81. The van der Waals surface area contributed by atoms with Gasteiger partial charge >= 0.3 is 18.5 Å². The fourth-order valence-corrected chi connectivity index (χ4v) is 4.23. The molecule has 2 fully saturated rings. The molecule has 25 heavy (non-hydrogen) atoms. The van der Waals surface area contributed by atoms with Crippen molar-refractivity contribution in [3.8, 4) is 0 Å². The van der Waals surface area contributed by atoms with Gasteiger partial charge < -0.3 is 9.31 Å². The van der Waals surface area contributed by atoms with Gasteiger partial charge in [0.25, 0.3) is 0 Å². The summed E-state index contributed by atoms with van der Waals surface area (Å²) < 4.78 is 11.7. The molecule has 2 aliphatic rings. The number of benzene rings is 1. The highest BCUT2D eigenvalue weighted by molar-refractivity contribution is 6.91. The lowest BCUT2D eigenvalue weighted by atomic mass is 9.40. The summed E-state index contributed by atoms with van der Waals surface area (Å²) in [5.41, 5.74) is 1.93. The highest BCUT2D eigenvalue weighted by atomic mass is 16.7. The first kappa shape index (κ1) is 17.9. The highest BCUT2D eigenvalue weighted by Gasteiger charge is 2.73. The zero-order chi connectivity index (χ0) is 18.0. The average molecular weight is 342 g/mol. The van der Waals surface area contributed by atoms with Crippen molar-refractivity contribution in [2.75, 3.05) is 0 Å². The molecule has 2 heterocycles. The van der Waals surface area contributed by atoms with Crippen LogP contribution in [0.1, 0.15) is 57.9 Å². The summed E-state index contributed by atoms with van der Waals surface area (Å²) in [7, 11) is 0. The molecule has 0 radical (unpaired) electrons. The van der Waals surface area contributed by atoms with E-state index in [2.05, 4.69) is 13.8 Å². The standard InChI is InChI=1S/C20H27BO4/c1-4-6-8-16-18-17(9-7-5-2)20(23)25-21(18,24-19(16)22)15-12-10-14(3)11-13-15/h10-13,16-17H,4-9H2,1-3H3/t16-,17-/m0/s1. The maximum atomic E-state index is 12.6. The van der Waals surface area contributed by atoms with E-state index in [0.29, 0.717) is 0 Å². The van der Waals surface area contributed by atoms with Crippen LogP contribution in [0.15, 0.2) is 24.3 Å². The lowest BCUT2D eigenvalue weighted by Crippen LogP contribution is -2.53. The number of carbonyl (C=O) groups excluding carboxylic acids is 2. The minimum atomic E-state index is -2.13. The second kappa shape index (κ2) is 7.15. The number of hydrogen-bond donors (Lipinski definition) is 0. The molecule has 0 aliphatic carbocycles. The average Bonchev–Trinajstić information content (AvgIpc) is 3.01. The third-order valence-electron chi connectivity index (χ3n) is 5.59. The predicted molar refractivity (Wildman–Crippen MR) is 98.0 cm³/mol. The highest BCUT2D eigenvalue weighted by Crippen LogP contribution is 2.50. The monoisotopic (exact) mass is 342 g/mol. The van der Waals surface area contributed by atoms with Gasteiger partial charge in [-0.25, -0.2) is 0 Å². The minimum Gasteiger partial charge on any atom is -0.609 e. The third-order valence-corrected chi connectivity index (χ3v) is 5.59. The molecule has 5 heteroatoms. The summed E-state index contributed by atoms with van der Waals surface area (Å²) in [4.78, 5) is 25.3. The van der Waals surface area contributed by atoms with Gasteiger partial charge in [0.1, 0.15) is 0 Å². The molecule has 4 nitrogen and oxygen atoms in total. The SMILES string of the molecule is CCCC[C@@H]1C(=O)O[B-]2(c3ccc(C)cc3)OC(=O)[C@@H](CCCC)[C+]12. The normalized spacial score (nSPS) is 24.2. The van der Waals surface area contributed by atoms with E-state index in [-0.39, 0.29) is 23.8 Å². The molecule has 0 unspecified atom stereocenters. The Hall–Kier alpha value is -1.91. The summed E-state index contributed by atoms with van der Waals surface area (Å²) in [5, 5.41) is 0. The molecule has 2 atom stereocenters. The maximum absolute atomic E-state index is 12.6. The van der Waals surface area contributed by atoms with Crippen LogP contribution in [0, 0.1) is 24.6 Å². The van der Waals surface area contributed by atoms with Crippen molar-refractivity contribution in [1.29, 1.82) is 0 Å². The van der Waals surface area contributed by atoms with Crippen LogP contribution in [0.3, 0.4) is 0 Å². The topological polar surface area (TPSA) is 52.6 Å². The molecular weight excluding hydrogens is 315 g/mol. The van der Waals surface area contributed by atoms with Gasteiger partial charge in [-0.2, -0.15) is 0 Å². The number of unbranched alkanes of at least 4 members (excludes halogenated alkanes) is 2.